The molecule has 0 aliphatic heterocycles. The fraction of sp³-hybridized carbons (Fsp3) is 0. The van der Waals surface area contributed by atoms with Gasteiger partial charge in [-0.1, -0.05) is 48.2 Å². The molecule has 2 nitrogen and oxygen atoms in total. The van der Waals surface area contributed by atoms with E-state index in [1.165, 1.54) is 0 Å². The summed E-state index contributed by atoms with van der Waals surface area (Å²) in [5, 5.41) is 2.16. The predicted molar refractivity (Wildman–Crippen MR) is 97.2 cm³/mol. The zero-order valence-corrected chi connectivity index (χ0v) is 12.8. The summed E-state index contributed by atoms with van der Waals surface area (Å²) in [7, 11) is 0. The van der Waals surface area contributed by atoms with Crippen molar-refractivity contribution >= 4 is 21.8 Å². The van der Waals surface area contributed by atoms with Crippen molar-refractivity contribution in [2.75, 3.05) is 0 Å². The summed E-state index contributed by atoms with van der Waals surface area (Å²) in [6, 6.07) is 20.0. The number of hydrogen-bond donors (Lipinski definition) is 0. The molecule has 0 saturated carbocycles. The van der Waals surface area contributed by atoms with E-state index in [0.29, 0.717) is 0 Å². The van der Waals surface area contributed by atoms with Crippen LogP contribution >= 0.6 is 0 Å². The molecule has 2 heteroatoms. The monoisotopic (exact) mass is 304 g/mol. The first-order chi connectivity index (χ1) is 11.9. The first-order valence-corrected chi connectivity index (χ1v) is 7.60. The van der Waals surface area contributed by atoms with Crippen LogP contribution in [0.2, 0.25) is 0 Å². The molecular weight excluding hydrogens is 292 g/mol. The van der Waals surface area contributed by atoms with Crippen LogP contribution in [0, 0.1) is 23.7 Å². The number of pyridine rings is 2. The highest BCUT2D eigenvalue weighted by Gasteiger charge is 1.95. The molecule has 2 aromatic heterocycles. The van der Waals surface area contributed by atoms with Crippen molar-refractivity contribution in [3.8, 4) is 23.7 Å². The molecule has 2 aromatic carbocycles. The summed E-state index contributed by atoms with van der Waals surface area (Å²) in [6.07, 6.45) is 3.54. The second kappa shape index (κ2) is 6.24. The van der Waals surface area contributed by atoms with Crippen LogP contribution in [-0.4, -0.2) is 9.97 Å². The predicted octanol–water partition coefficient (Wildman–Crippen LogP) is 4.19. The highest BCUT2D eigenvalue weighted by Crippen LogP contribution is 2.12. The smallest absolute Gasteiger partial charge is 0.0702 e. The summed E-state index contributed by atoms with van der Waals surface area (Å²) in [4.78, 5) is 8.78. The lowest BCUT2D eigenvalue weighted by molar-refractivity contribution is 1.39. The molecule has 0 radical (unpaired) electrons. The Morgan fingerprint density at radius 2 is 1.04 bits per heavy atom. The second-order valence-corrected chi connectivity index (χ2v) is 5.33. The van der Waals surface area contributed by atoms with Gasteiger partial charge in [0.1, 0.15) is 0 Å². The maximum atomic E-state index is 4.39. The van der Waals surface area contributed by atoms with Crippen molar-refractivity contribution in [2.45, 2.75) is 0 Å². The molecule has 0 amide bonds. The minimum atomic E-state index is 0.861. The van der Waals surface area contributed by atoms with Gasteiger partial charge in [-0.2, -0.15) is 0 Å². The van der Waals surface area contributed by atoms with Gasteiger partial charge in [0.25, 0.3) is 0 Å². The number of nitrogens with zero attached hydrogens (tertiary/aromatic N) is 2. The van der Waals surface area contributed by atoms with Crippen molar-refractivity contribution in [3.63, 3.8) is 0 Å². The lowest BCUT2D eigenvalue weighted by Crippen LogP contribution is -1.81. The van der Waals surface area contributed by atoms with E-state index in [9.17, 15) is 0 Å². The maximum absolute atomic E-state index is 4.39. The summed E-state index contributed by atoms with van der Waals surface area (Å²) in [6.45, 7) is 0. The lowest BCUT2D eigenvalue weighted by Gasteiger charge is -1.96. The normalized spacial score (nSPS) is 9.83. The van der Waals surface area contributed by atoms with E-state index in [-0.39, 0.29) is 0 Å². The van der Waals surface area contributed by atoms with Crippen molar-refractivity contribution < 1.29 is 0 Å². The molecule has 0 fully saturated rings. The van der Waals surface area contributed by atoms with Crippen molar-refractivity contribution in [2.24, 2.45) is 0 Å². The molecular formula is C22H12N2. The minimum Gasteiger partial charge on any atom is -0.255 e. The Kier molecular flexibility index (Phi) is 3.64. The molecule has 0 saturated heterocycles. The first kappa shape index (κ1) is 14.0. The van der Waals surface area contributed by atoms with Crippen LogP contribution in [0.3, 0.4) is 0 Å². The van der Waals surface area contributed by atoms with E-state index in [4.69, 9.17) is 0 Å². The third-order valence-corrected chi connectivity index (χ3v) is 3.66. The Hall–Kier alpha value is -3.62. The third-order valence-electron chi connectivity index (χ3n) is 3.66. The van der Waals surface area contributed by atoms with Crippen LogP contribution in [-0.2, 0) is 0 Å². The fourth-order valence-electron chi connectivity index (χ4n) is 2.49. The van der Waals surface area contributed by atoms with E-state index in [1.807, 2.05) is 60.7 Å². The van der Waals surface area contributed by atoms with Crippen molar-refractivity contribution in [3.05, 3.63) is 84.2 Å². The van der Waals surface area contributed by atoms with E-state index < -0.39 is 0 Å². The number of hydrogen-bond acceptors (Lipinski definition) is 2. The maximum Gasteiger partial charge on any atom is 0.0702 e. The Morgan fingerprint density at radius 1 is 0.583 bits per heavy atom. The highest BCUT2D eigenvalue weighted by atomic mass is 14.6. The fourth-order valence-corrected chi connectivity index (χ4v) is 2.49. The van der Waals surface area contributed by atoms with Crippen LogP contribution in [0.1, 0.15) is 11.1 Å². The number of rotatable bonds is 0. The van der Waals surface area contributed by atoms with Crippen LogP contribution in [0.15, 0.2) is 73.1 Å². The van der Waals surface area contributed by atoms with E-state index in [2.05, 4.69) is 33.6 Å². The van der Waals surface area contributed by atoms with Gasteiger partial charge in [-0.15, -0.1) is 0 Å². The van der Waals surface area contributed by atoms with Crippen LogP contribution < -0.4 is 0 Å². The van der Waals surface area contributed by atoms with Gasteiger partial charge in [-0.05, 0) is 36.1 Å². The molecule has 0 bridgehead atoms. The summed E-state index contributed by atoms with van der Waals surface area (Å²) in [5.74, 6) is 11.8. The SMILES string of the molecule is C(C#Cc1cnc2ccccc2c1)#Cc1cnc2ccccc2c1. The number of fused-ring (bicyclic) bond motifs is 2. The summed E-state index contributed by atoms with van der Waals surface area (Å²) >= 11 is 0. The minimum absolute atomic E-state index is 0.861. The van der Waals surface area contributed by atoms with E-state index >= 15 is 0 Å². The molecule has 0 aliphatic carbocycles. The molecule has 4 aromatic rings. The molecule has 0 spiro atoms. The summed E-state index contributed by atoms with van der Waals surface area (Å²) in [5.41, 5.74) is 3.66. The first-order valence-electron chi connectivity index (χ1n) is 7.60. The quantitative estimate of drug-likeness (QED) is 0.455. The lowest BCUT2D eigenvalue weighted by atomic mass is 10.1. The zero-order valence-electron chi connectivity index (χ0n) is 12.8. The largest absolute Gasteiger partial charge is 0.255 e. The second-order valence-electron chi connectivity index (χ2n) is 5.33. The average molecular weight is 304 g/mol. The zero-order chi connectivity index (χ0) is 16.2. The Morgan fingerprint density at radius 3 is 1.54 bits per heavy atom. The molecule has 110 valence electrons. The standard InChI is InChI=1S/C22H12N2/c1(7-17-13-19-9-3-5-11-21(19)23-15-17)2-8-18-14-20-10-4-6-12-22(20)24-16-18/h3-6,9-16H. The van der Waals surface area contributed by atoms with E-state index in [0.717, 1.165) is 32.9 Å². The van der Waals surface area contributed by atoms with Crippen molar-refractivity contribution in [1.82, 2.24) is 9.97 Å². The number of para-hydroxylation sites is 2. The van der Waals surface area contributed by atoms with Gasteiger partial charge in [-0.25, -0.2) is 0 Å². The molecule has 24 heavy (non-hydrogen) atoms. The van der Waals surface area contributed by atoms with Gasteiger partial charge in [0.05, 0.1) is 11.0 Å². The van der Waals surface area contributed by atoms with Gasteiger partial charge >= 0.3 is 0 Å². The van der Waals surface area contributed by atoms with Crippen molar-refractivity contribution in [1.29, 1.82) is 0 Å². The van der Waals surface area contributed by atoms with Gasteiger partial charge < -0.3 is 0 Å². The van der Waals surface area contributed by atoms with Gasteiger partial charge in [0.15, 0.2) is 0 Å². The van der Waals surface area contributed by atoms with Crippen LogP contribution in [0.4, 0.5) is 0 Å². The van der Waals surface area contributed by atoms with Gasteiger partial charge in [-0.3, -0.25) is 9.97 Å². The van der Waals surface area contributed by atoms with E-state index in [1.54, 1.807) is 12.4 Å². The molecule has 0 unspecified atom stereocenters. The molecule has 0 atom stereocenters. The van der Waals surface area contributed by atoms with Gasteiger partial charge in [0.2, 0.25) is 0 Å². The molecule has 4 rings (SSSR count). The molecule has 0 N–H and O–H groups in total. The number of aromatic nitrogens is 2. The molecule has 2 heterocycles. The topological polar surface area (TPSA) is 25.8 Å². The van der Waals surface area contributed by atoms with Gasteiger partial charge in [0, 0.05) is 34.3 Å². The highest BCUT2D eigenvalue weighted by molar-refractivity contribution is 5.80. The third kappa shape index (κ3) is 2.95. The Balaban J connectivity index is 1.60. The van der Waals surface area contributed by atoms with Crippen LogP contribution in [0.25, 0.3) is 21.8 Å². The number of benzene rings is 2. The average Bonchev–Trinajstić information content (AvgIpc) is 2.65. The Labute approximate surface area is 140 Å². The molecule has 0 aliphatic rings. The summed E-state index contributed by atoms with van der Waals surface area (Å²) < 4.78 is 0. The Bertz CT molecular complexity index is 1070. The van der Waals surface area contributed by atoms with Crippen LogP contribution in [0.5, 0.6) is 0 Å².